The Kier molecular flexibility index (Phi) is 6.56. The van der Waals surface area contributed by atoms with Crippen molar-refractivity contribution < 1.29 is 27.9 Å². The quantitative estimate of drug-likeness (QED) is 0.636. The molecule has 1 aliphatic rings. The van der Waals surface area contributed by atoms with Crippen molar-refractivity contribution >= 4 is 22.1 Å². The lowest BCUT2D eigenvalue weighted by molar-refractivity contribution is -0.149. The maximum Gasteiger partial charge on any atom is 0.310 e. The van der Waals surface area contributed by atoms with Gasteiger partial charge < -0.3 is 9.84 Å². The molecular formula is C12H22N2O6S. The van der Waals surface area contributed by atoms with Crippen LogP contribution in [0.25, 0.3) is 0 Å². The second-order valence-corrected chi connectivity index (χ2v) is 6.77. The second-order valence-electron chi connectivity index (χ2n) is 5.07. The molecule has 2 unspecified atom stereocenters. The molecule has 0 aromatic carbocycles. The lowest BCUT2D eigenvalue weighted by atomic mass is 10.0. The predicted octanol–water partition coefficient (Wildman–Crippen LogP) is -0.0409. The Morgan fingerprint density at radius 3 is 2.71 bits per heavy atom. The number of esters is 1. The second kappa shape index (κ2) is 7.71. The summed E-state index contributed by atoms with van der Waals surface area (Å²) in [6.45, 7) is 3.82. The molecule has 0 aromatic heterocycles. The summed E-state index contributed by atoms with van der Waals surface area (Å²) in [7, 11) is -3.80. The molecule has 8 nitrogen and oxygen atoms in total. The highest BCUT2D eigenvalue weighted by molar-refractivity contribution is 7.87. The molecule has 2 N–H and O–H groups in total. The summed E-state index contributed by atoms with van der Waals surface area (Å²) in [5, 5.41) is 8.66. The molecule has 9 heteroatoms. The SMILES string of the molecule is CCOC(=O)C1CCCN(S(=O)(=O)NC(C)CC(=O)O)C1. The lowest BCUT2D eigenvalue weighted by Gasteiger charge is -2.31. The van der Waals surface area contributed by atoms with E-state index in [0.717, 1.165) is 0 Å². The van der Waals surface area contributed by atoms with Crippen LogP contribution in [0.15, 0.2) is 0 Å². The number of carboxylic acids is 1. The van der Waals surface area contributed by atoms with Crippen LogP contribution in [0.3, 0.4) is 0 Å². The van der Waals surface area contributed by atoms with Gasteiger partial charge in [-0.05, 0) is 26.7 Å². The van der Waals surface area contributed by atoms with Crippen LogP contribution in [0.2, 0.25) is 0 Å². The average molecular weight is 322 g/mol. The highest BCUT2D eigenvalue weighted by Crippen LogP contribution is 2.20. The van der Waals surface area contributed by atoms with E-state index in [0.29, 0.717) is 19.4 Å². The van der Waals surface area contributed by atoms with Gasteiger partial charge in [0.2, 0.25) is 0 Å². The number of aliphatic carboxylic acids is 1. The van der Waals surface area contributed by atoms with Gasteiger partial charge in [0.1, 0.15) is 0 Å². The first kappa shape index (κ1) is 17.9. The van der Waals surface area contributed by atoms with Gasteiger partial charge in [-0.3, -0.25) is 9.59 Å². The molecule has 0 aromatic rings. The van der Waals surface area contributed by atoms with Gasteiger partial charge in [0.15, 0.2) is 0 Å². The number of carbonyl (C=O) groups is 2. The zero-order valence-electron chi connectivity index (χ0n) is 12.2. The molecule has 1 aliphatic heterocycles. The van der Waals surface area contributed by atoms with Crippen LogP contribution in [0.5, 0.6) is 0 Å². The first-order valence-corrected chi connectivity index (χ1v) is 8.36. The minimum atomic E-state index is -3.80. The van der Waals surface area contributed by atoms with E-state index in [-0.39, 0.29) is 19.6 Å². The number of nitrogens with zero attached hydrogens (tertiary/aromatic N) is 1. The smallest absolute Gasteiger partial charge is 0.310 e. The van der Waals surface area contributed by atoms with Crippen molar-refractivity contribution in [3.05, 3.63) is 0 Å². The predicted molar refractivity (Wildman–Crippen MR) is 74.7 cm³/mol. The van der Waals surface area contributed by atoms with Crippen molar-refractivity contribution in [2.24, 2.45) is 5.92 Å². The molecule has 1 rings (SSSR count). The van der Waals surface area contributed by atoms with Crippen LogP contribution in [0.4, 0.5) is 0 Å². The molecule has 1 saturated heterocycles. The molecule has 0 saturated carbocycles. The van der Waals surface area contributed by atoms with E-state index in [1.54, 1.807) is 6.92 Å². The number of nitrogens with one attached hydrogen (secondary N) is 1. The summed E-state index contributed by atoms with van der Waals surface area (Å²) in [6.07, 6.45) is 0.863. The molecule has 0 radical (unpaired) electrons. The number of carboxylic acid groups (broad SMARTS) is 1. The third-order valence-corrected chi connectivity index (χ3v) is 4.89. The minimum Gasteiger partial charge on any atom is -0.481 e. The maximum absolute atomic E-state index is 12.2. The van der Waals surface area contributed by atoms with Crippen LogP contribution in [0.1, 0.15) is 33.1 Å². The van der Waals surface area contributed by atoms with E-state index < -0.39 is 34.1 Å². The van der Waals surface area contributed by atoms with Crippen molar-refractivity contribution in [3.63, 3.8) is 0 Å². The highest BCUT2D eigenvalue weighted by Gasteiger charge is 2.33. The van der Waals surface area contributed by atoms with Crippen LogP contribution >= 0.6 is 0 Å². The molecule has 21 heavy (non-hydrogen) atoms. The molecular weight excluding hydrogens is 300 g/mol. The highest BCUT2D eigenvalue weighted by atomic mass is 32.2. The van der Waals surface area contributed by atoms with Crippen molar-refractivity contribution in [2.45, 2.75) is 39.2 Å². The largest absolute Gasteiger partial charge is 0.481 e. The fourth-order valence-electron chi connectivity index (χ4n) is 2.25. The molecule has 2 atom stereocenters. The molecule has 1 heterocycles. The van der Waals surface area contributed by atoms with E-state index in [9.17, 15) is 18.0 Å². The molecule has 0 bridgehead atoms. The Morgan fingerprint density at radius 1 is 1.48 bits per heavy atom. The van der Waals surface area contributed by atoms with Gasteiger partial charge in [0.05, 0.1) is 18.9 Å². The van der Waals surface area contributed by atoms with E-state index in [4.69, 9.17) is 9.84 Å². The van der Waals surface area contributed by atoms with E-state index in [1.165, 1.54) is 11.2 Å². The minimum absolute atomic E-state index is 0.0635. The van der Waals surface area contributed by atoms with Crippen molar-refractivity contribution in [1.29, 1.82) is 0 Å². The number of ether oxygens (including phenoxy) is 1. The zero-order valence-corrected chi connectivity index (χ0v) is 13.1. The number of hydrogen-bond donors (Lipinski definition) is 2. The van der Waals surface area contributed by atoms with Crippen LogP contribution in [-0.4, -0.2) is 55.5 Å². The van der Waals surface area contributed by atoms with E-state index in [2.05, 4.69) is 4.72 Å². The third kappa shape index (κ3) is 5.60. The summed E-state index contributed by atoms with van der Waals surface area (Å²) >= 11 is 0. The number of piperidine rings is 1. The fraction of sp³-hybridized carbons (Fsp3) is 0.833. The summed E-state index contributed by atoms with van der Waals surface area (Å²) in [5.41, 5.74) is 0. The van der Waals surface area contributed by atoms with Crippen molar-refractivity contribution in [2.75, 3.05) is 19.7 Å². The summed E-state index contributed by atoms with van der Waals surface area (Å²) in [6, 6.07) is -0.713. The van der Waals surface area contributed by atoms with E-state index >= 15 is 0 Å². The molecule has 1 fully saturated rings. The summed E-state index contributed by atoms with van der Waals surface area (Å²) < 4.78 is 32.8. The van der Waals surface area contributed by atoms with Gasteiger partial charge in [-0.1, -0.05) is 0 Å². The normalized spacial score (nSPS) is 21.7. The Bertz CT molecular complexity index is 478. The zero-order chi connectivity index (χ0) is 16.0. The standard InChI is InChI=1S/C12H22N2O6S/c1-3-20-12(17)10-5-4-6-14(8-10)21(18,19)13-9(2)7-11(15)16/h9-10,13H,3-8H2,1-2H3,(H,15,16). The number of rotatable bonds is 7. The van der Waals surface area contributed by atoms with Crippen LogP contribution < -0.4 is 4.72 Å². The Labute approximate surface area is 124 Å². The van der Waals surface area contributed by atoms with Gasteiger partial charge in [0, 0.05) is 19.1 Å². The van der Waals surface area contributed by atoms with Crippen molar-refractivity contribution in [3.8, 4) is 0 Å². The molecule has 122 valence electrons. The molecule has 0 aliphatic carbocycles. The number of carbonyl (C=O) groups excluding carboxylic acids is 1. The van der Waals surface area contributed by atoms with Crippen LogP contribution in [-0.2, 0) is 24.5 Å². The summed E-state index contributed by atoms with van der Waals surface area (Å²) in [5.74, 6) is -1.94. The lowest BCUT2D eigenvalue weighted by Crippen LogP contribution is -2.50. The van der Waals surface area contributed by atoms with Gasteiger partial charge in [-0.25, -0.2) is 0 Å². The van der Waals surface area contributed by atoms with Crippen molar-refractivity contribution in [1.82, 2.24) is 9.03 Å². The Morgan fingerprint density at radius 2 is 2.14 bits per heavy atom. The third-order valence-electron chi connectivity index (χ3n) is 3.17. The fourth-order valence-corrected chi connectivity index (χ4v) is 3.73. The molecule has 0 amide bonds. The maximum atomic E-state index is 12.2. The Balaban J connectivity index is 2.65. The van der Waals surface area contributed by atoms with E-state index in [1.807, 2.05) is 0 Å². The van der Waals surface area contributed by atoms with Gasteiger partial charge in [0.25, 0.3) is 10.2 Å². The Hall–Kier alpha value is -1.19. The monoisotopic (exact) mass is 322 g/mol. The first-order valence-electron chi connectivity index (χ1n) is 6.92. The van der Waals surface area contributed by atoms with Gasteiger partial charge >= 0.3 is 11.9 Å². The van der Waals surface area contributed by atoms with Gasteiger partial charge in [-0.15, -0.1) is 0 Å². The van der Waals surface area contributed by atoms with Gasteiger partial charge in [-0.2, -0.15) is 17.4 Å². The van der Waals surface area contributed by atoms with Crippen LogP contribution in [0, 0.1) is 5.92 Å². The molecule has 0 spiro atoms. The summed E-state index contributed by atoms with van der Waals surface area (Å²) in [4.78, 5) is 22.3. The number of hydrogen-bond acceptors (Lipinski definition) is 5. The first-order chi connectivity index (χ1) is 9.76. The topological polar surface area (TPSA) is 113 Å². The average Bonchev–Trinajstić information content (AvgIpc) is 2.37.